The van der Waals surface area contributed by atoms with Crippen molar-refractivity contribution in [2.75, 3.05) is 18.0 Å². The lowest BCUT2D eigenvalue weighted by molar-refractivity contribution is -0.118. The topological polar surface area (TPSA) is 70.1 Å². The summed E-state index contributed by atoms with van der Waals surface area (Å²) < 4.78 is 4.79. The summed E-state index contributed by atoms with van der Waals surface area (Å²) in [6.45, 7) is 8.02. The van der Waals surface area contributed by atoms with E-state index in [1.165, 1.54) is 0 Å². The van der Waals surface area contributed by atoms with Crippen LogP contribution in [0.5, 0.6) is 0 Å². The van der Waals surface area contributed by atoms with E-state index in [0.29, 0.717) is 11.1 Å². The van der Waals surface area contributed by atoms with Crippen LogP contribution in [0, 0.1) is 0 Å². The van der Waals surface area contributed by atoms with Gasteiger partial charge in [-0.3, -0.25) is 4.79 Å². The molecule has 6 nitrogen and oxygen atoms in total. The van der Waals surface area contributed by atoms with Crippen molar-refractivity contribution in [3.05, 3.63) is 64.7 Å². The summed E-state index contributed by atoms with van der Waals surface area (Å²) >= 11 is 6.08. The van der Waals surface area contributed by atoms with Gasteiger partial charge in [0.1, 0.15) is 6.10 Å². The van der Waals surface area contributed by atoms with Crippen LogP contribution in [0.4, 0.5) is 10.5 Å². The van der Waals surface area contributed by atoms with E-state index in [-0.39, 0.29) is 18.4 Å². The molecule has 7 heteroatoms. The molecule has 1 saturated heterocycles. The van der Waals surface area contributed by atoms with E-state index in [1.54, 1.807) is 6.92 Å². The molecule has 1 atom stereocenters. The second-order valence-corrected chi connectivity index (χ2v) is 8.98. The number of benzene rings is 2. The third-order valence-electron chi connectivity index (χ3n) is 6.05. The average Bonchev–Trinajstić information content (AvgIpc) is 2.75. The van der Waals surface area contributed by atoms with Gasteiger partial charge in [-0.05, 0) is 69.0 Å². The van der Waals surface area contributed by atoms with Gasteiger partial charge >= 0.3 is 6.16 Å². The van der Waals surface area contributed by atoms with Crippen LogP contribution in [0.2, 0.25) is 5.02 Å². The number of nitrogens with zero attached hydrogens (tertiary/aromatic N) is 2. The molecule has 1 aliphatic heterocycles. The van der Waals surface area contributed by atoms with E-state index in [9.17, 15) is 9.59 Å². The largest absolute Gasteiger partial charge is 0.506 e. The number of ether oxygens (including phenoxy) is 1. The van der Waals surface area contributed by atoms with Crippen molar-refractivity contribution in [2.24, 2.45) is 0 Å². The highest BCUT2D eigenvalue weighted by Crippen LogP contribution is 2.27. The Balaban J connectivity index is 1.75. The van der Waals surface area contributed by atoms with E-state index >= 15 is 0 Å². The first kappa shape index (κ1) is 24.1. The summed E-state index contributed by atoms with van der Waals surface area (Å²) in [5, 5.41) is 9.43. The fraction of sp³-hybridized carbons (Fsp3) is 0.440. The Kier molecular flexibility index (Phi) is 8.15. The first-order valence-electron chi connectivity index (χ1n) is 11.0. The molecule has 0 saturated carbocycles. The maximum atomic E-state index is 13.5. The first-order valence-corrected chi connectivity index (χ1v) is 11.4. The van der Waals surface area contributed by atoms with Crippen molar-refractivity contribution in [2.45, 2.75) is 58.2 Å². The van der Waals surface area contributed by atoms with Crippen LogP contribution >= 0.6 is 11.6 Å². The number of halogens is 1. The Bertz CT molecular complexity index is 907. The van der Waals surface area contributed by atoms with Crippen LogP contribution in [0.1, 0.15) is 50.8 Å². The molecule has 0 radical (unpaired) electrons. The Morgan fingerprint density at radius 2 is 1.66 bits per heavy atom. The highest BCUT2D eigenvalue weighted by molar-refractivity contribution is 6.30. The van der Waals surface area contributed by atoms with Gasteiger partial charge < -0.3 is 19.6 Å². The van der Waals surface area contributed by atoms with Gasteiger partial charge in [0, 0.05) is 35.9 Å². The van der Waals surface area contributed by atoms with Crippen molar-refractivity contribution < 1.29 is 19.4 Å². The van der Waals surface area contributed by atoms with Crippen LogP contribution in [0.3, 0.4) is 0 Å². The van der Waals surface area contributed by atoms with Crippen LogP contribution in [-0.2, 0) is 16.0 Å². The minimum absolute atomic E-state index is 0.0397. The van der Waals surface area contributed by atoms with E-state index in [1.807, 2.05) is 53.4 Å². The molecule has 0 aliphatic carbocycles. The third-order valence-corrected chi connectivity index (χ3v) is 6.30. The molecule has 2 aromatic carbocycles. The van der Waals surface area contributed by atoms with Gasteiger partial charge in [0.15, 0.2) is 0 Å². The van der Waals surface area contributed by atoms with Crippen molar-refractivity contribution in [1.29, 1.82) is 0 Å². The van der Waals surface area contributed by atoms with Crippen LogP contribution in [-0.4, -0.2) is 47.2 Å². The molecule has 0 aromatic heterocycles. The van der Waals surface area contributed by atoms with Gasteiger partial charge in [-0.2, -0.15) is 0 Å². The van der Waals surface area contributed by atoms with Gasteiger partial charge in [0.05, 0.1) is 6.42 Å². The molecule has 1 fully saturated rings. The summed E-state index contributed by atoms with van der Waals surface area (Å²) in [4.78, 5) is 28.6. The summed E-state index contributed by atoms with van der Waals surface area (Å²) in [5.41, 5.74) is 2.49. The number of rotatable bonds is 7. The molecule has 2 aromatic rings. The number of likely N-dealkylation sites (tertiary alicyclic amines) is 1. The Morgan fingerprint density at radius 1 is 1.06 bits per heavy atom. The number of carboxylic acid groups (broad SMARTS) is 1. The van der Waals surface area contributed by atoms with Crippen LogP contribution in [0.25, 0.3) is 0 Å². The maximum absolute atomic E-state index is 13.5. The summed E-state index contributed by atoms with van der Waals surface area (Å²) in [6.07, 6.45) is 0.250. The summed E-state index contributed by atoms with van der Waals surface area (Å²) in [5.74, 6) is 0.0397. The number of carbonyl (C=O) groups excluding carboxylic acids is 1. The number of hydrogen-bond donors (Lipinski definition) is 1. The number of carbonyl (C=O) groups is 2. The summed E-state index contributed by atoms with van der Waals surface area (Å²) in [7, 11) is 0. The highest BCUT2D eigenvalue weighted by atomic mass is 35.5. The molecular weight excluding hydrogens is 428 g/mol. The van der Waals surface area contributed by atoms with E-state index in [2.05, 4.69) is 18.7 Å². The van der Waals surface area contributed by atoms with Gasteiger partial charge in [-0.1, -0.05) is 35.9 Å². The third kappa shape index (κ3) is 6.24. The fourth-order valence-electron chi connectivity index (χ4n) is 4.21. The number of amides is 1. The van der Waals surface area contributed by atoms with Gasteiger partial charge in [0.2, 0.25) is 5.91 Å². The van der Waals surface area contributed by atoms with Gasteiger partial charge in [-0.25, -0.2) is 4.79 Å². The predicted molar refractivity (Wildman–Crippen MR) is 126 cm³/mol. The van der Waals surface area contributed by atoms with Crippen molar-refractivity contribution in [1.82, 2.24) is 4.90 Å². The molecule has 0 spiro atoms. The number of anilines is 1. The average molecular weight is 459 g/mol. The van der Waals surface area contributed by atoms with E-state index in [0.717, 1.165) is 42.7 Å². The minimum Gasteiger partial charge on any atom is -0.450 e. The SMILES string of the molecule is CC(OC(=O)O)c1ccc(CC(=O)N(c2ccc(Cl)cc2)C2CCN(C(C)C)CC2)cc1. The Hall–Kier alpha value is -2.57. The second-order valence-electron chi connectivity index (χ2n) is 8.55. The minimum atomic E-state index is -1.31. The molecule has 3 rings (SSSR count). The quantitative estimate of drug-likeness (QED) is 0.551. The molecule has 32 heavy (non-hydrogen) atoms. The lowest BCUT2D eigenvalue weighted by Gasteiger charge is -2.40. The molecule has 1 N–H and O–H groups in total. The monoisotopic (exact) mass is 458 g/mol. The normalized spacial score (nSPS) is 16.0. The van der Waals surface area contributed by atoms with Gasteiger partial charge in [-0.15, -0.1) is 0 Å². The number of piperidine rings is 1. The van der Waals surface area contributed by atoms with E-state index < -0.39 is 12.3 Å². The molecule has 1 aliphatic rings. The molecule has 0 bridgehead atoms. The van der Waals surface area contributed by atoms with Crippen molar-refractivity contribution in [3.8, 4) is 0 Å². The molecule has 172 valence electrons. The Morgan fingerprint density at radius 3 is 2.19 bits per heavy atom. The van der Waals surface area contributed by atoms with Gasteiger partial charge in [0.25, 0.3) is 0 Å². The standard InChI is InChI=1S/C25H31ClN2O4/c1-17(2)27-14-12-23(13-15-27)28(22-10-8-21(26)9-11-22)24(29)16-19-4-6-20(7-5-19)18(3)32-25(30)31/h4-11,17-18,23H,12-16H2,1-3H3,(H,30,31). The van der Waals surface area contributed by atoms with Crippen molar-refractivity contribution >= 4 is 29.4 Å². The number of hydrogen-bond acceptors (Lipinski definition) is 4. The lowest BCUT2D eigenvalue weighted by atomic mass is 9.99. The van der Waals surface area contributed by atoms with Crippen molar-refractivity contribution in [3.63, 3.8) is 0 Å². The zero-order valence-electron chi connectivity index (χ0n) is 18.8. The molecular formula is C25H31ClN2O4. The molecule has 1 amide bonds. The first-order chi connectivity index (χ1) is 15.2. The fourth-order valence-corrected chi connectivity index (χ4v) is 4.33. The molecule has 1 heterocycles. The molecule has 1 unspecified atom stereocenters. The van der Waals surface area contributed by atoms with Crippen LogP contribution in [0.15, 0.2) is 48.5 Å². The maximum Gasteiger partial charge on any atom is 0.506 e. The highest BCUT2D eigenvalue weighted by Gasteiger charge is 2.30. The second kappa shape index (κ2) is 10.8. The summed E-state index contributed by atoms with van der Waals surface area (Å²) in [6, 6.07) is 15.4. The zero-order chi connectivity index (χ0) is 23.3. The van der Waals surface area contributed by atoms with Crippen LogP contribution < -0.4 is 4.90 Å². The predicted octanol–water partition coefficient (Wildman–Crippen LogP) is 5.54. The Labute approximate surface area is 194 Å². The van der Waals surface area contributed by atoms with E-state index in [4.69, 9.17) is 21.4 Å². The zero-order valence-corrected chi connectivity index (χ0v) is 19.6. The smallest absolute Gasteiger partial charge is 0.450 e. The lowest BCUT2D eigenvalue weighted by Crippen LogP contribution is -2.49.